The summed E-state index contributed by atoms with van der Waals surface area (Å²) >= 11 is 0. The fourth-order valence-electron chi connectivity index (χ4n) is 1.55. The van der Waals surface area contributed by atoms with E-state index in [0.29, 0.717) is 5.39 Å². The number of rotatable bonds is 2. The third-order valence-corrected chi connectivity index (χ3v) is 2.26. The van der Waals surface area contributed by atoms with Crippen LogP contribution in [-0.4, -0.2) is 27.1 Å². The van der Waals surface area contributed by atoms with Gasteiger partial charge in [-0.1, -0.05) is 12.1 Å². The molecule has 0 saturated heterocycles. The van der Waals surface area contributed by atoms with E-state index in [1.54, 1.807) is 12.1 Å². The Morgan fingerprint density at radius 3 is 2.69 bits per heavy atom. The van der Waals surface area contributed by atoms with E-state index >= 15 is 0 Å². The first kappa shape index (κ1) is 10.5. The summed E-state index contributed by atoms with van der Waals surface area (Å²) in [4.78, 5) is 14.1. The molecule has 0 atom stereocenters. The summed E-state index contributed by atoms with van der Waals surface area (Å²) < 4.78 is 0. The molecule has 2 rings (SSSR count). The predicted octanol–water partition coefficient (Wildman–Crippen LogP) is -0.177. The van der Waals surface area contributed by atoms with Crippen molar-refractivity contribution in [1.29, 1.82) is 0 Å². The van der Waals surface area contributed by atoms with Gasteiger partial charge in [-0.3, -0.25) is 10.1 Å². The van der Waals surface area contributed by atoms with Gasteiger partial charge in [0.1, 0.15) is 5.52 Å². The van der Waals surface area contributed by atoms with Crippen LogP contribution in [0.1, 0.15) is 0 Å². The van der Waals surface area contributed by atoms with Crippen LogP contribution in [0.15, 0.2) is 30.5 Å². The average molecular weight is 218 g/mol. The second-order valence-electron chi connectivity index (χ2n) is 3.20. The minimum absolute atomic E-state index is 0.151. The van der Waals surface area contributed by atoms with Gasteiger partial charge in [0.25, 0.3) is 5.69 Å². The van der Waals surface area contributed by atoms with Crippen molar-refractivity contribution in [3.05, 3.63) is 40.6 Å². The minimum Gasteiger partial charge on any atom is -0.423 e. The van der Waals surface area contributed by atoms with Crippen LogP contribution < -0.4 is 5.46 Å². The first-order chi connectivity index (χ1) is 7.61. The molecule has 0 saturated carbocycles. The molecule has 6 nitrogen and oxygen atoms in total. The monoisotopic (exact) mass is 218 g/mol. The van der Waals surface area contributed by atoms with Crippen molar-refractivity contribution in [2.45, 2.75) is 0 Å². The van der Waals surface area contributed by atoms with Gasteiger partial charge in [-0.05, 0) is 11.5 Å². The molecule has 0 bridgehead atoms. The Morgan fingerprint density at radius 1 is 1.31 bits per heavy atom. The smallest absolute Gasteiger partial charge is 0.423 e. The standard InChI is InChI=1S/C9H7BN2O4/c13-10(14)7-3-4-8(12(15)16)9-6(7)2-1-5-11-9/h1-5,13-14H. The van der Waals surface area contributed by atoms with Crippen LogP contribution >= 0.6 is 0 Å². The second kappa shape index (κ2) is 3.88. The third-order valence-electron chi connectivity index (χ3n) is 2.26. The highest BCUT2D eigenvalue weighted by molar-refractivity contribution is 6.62. The van der Waals surface area contributed by atoms with Gasteiger partial charge < -0.3 is 10.0 Å². The lowest BCUT2D eigenvalue weighted by Gasteiger charge is -2.04. The molecule has 2 N–H and O–H groups in total. The van der Waals surface area contributed by atoms with Gasteiger partial charge in [0.05, 0.1) is 4.92 Å². The predicted molar refractivity (Wildman–Crippen MR) is 58.2 cm³/mol. The van der Waals surface area contributed by atoms with E-state index in [2.05, 4.69) is 4.98 Å². The zero-order valence-electron chi connectivity index (χ0n) is 8.07. The van der Waals surface area contributed by atoms with Gasteiger partial charge in [0, 0.05) is 17.6 Å². The van der Waals surface area contributed by atoms with E-state index in [0.717, 1.165) is 0 Å². The summed E-state index contributed by atoms with van der Waals surface area (Å²) in [6, 6.07) is 5.67. The molecule has 0 unspecified atom stereocenters. The fraction of sp³-hybridized carbons (Fsp3) is 0. The minimum atomic E-state index is -1.67. The number of hydrogen-bond acceptors (Lipinski definition) is 5. The molecule has 0 aliphatic rings. The van der Waals surface area contributed by atoms with Crippen molar-refractivity contribution in [2.75, 3.05) is 0 Å². The summed E-state index contributed by atoms with van der Waals surface area (Å²) in [7, 11) is -1.67. The largest absolute Gasteiger partial charge is 0.489 e. The van der Waals surface area contributed by atoms with E-state index in [4.69, 9.17) is 10.0 Å². The Labute approximate surface area is 90.5 Å². The highest BCUT2D eigenvalue weighted by atomic mass is 16.6. The Balaban J connectivity index is 2.82. The highest BCUT2D eigenvalue weighted by Crippen LogP contribution is 2.21. The molecule has 0 radical (unpaired) electrons. The van der Waals surface area contributed by atoms with E-state index in [9.17, 15) is 10.1 Å². The normalized spacial score (nSPS) is 10.4. The fourth-order valence-corrected chi connectivity index (χ4v) is 1.55. The van der Waals surface area contributed by atoms with E-state index in [1.807, 2.05) is 0 Å². The van der Waals surface area contributed by atoms with Gasteiger partial charge in [-0.15, -0.1) is 0 Å². The molecular weight excluding hydrogens is 211 g/mol. The molecule has 0 aliphatic heterocycles. The molecule has 0 fully saturated rings. The second-order valence-corrected chi connectivity index (χ2v) is 3.20. The number of aromatic nitrogens is 1. The average Bonchev–Trinajstić information content (AvgIpc) is 2.27. The molecule has 0 aliphatic carbocycles. The maximum atomic E-state index is 10.7. The molecule has 1 aromatic carbocycles. The quantitative estimate of drug-likeness (QED) is 0.414. The van der Waals surface area contributed by atoms with Crippen LogP contribution in [0.2, 0.25) is 0 Å². The summed E-state index contributed by atoms with van der Waals surface area (Å²) in [6.45, 7) is 0. The molecule has 2 aromatic rings. The van der Waals surface area contributed by atoms with Crippen LogP contribution in [0.3, 0.4) is 0 Å². The number of nitro groups is 1. The van der Waals surface area contributed by atoms with Crippen LogP contribution in [-0.2, 0) is 0 Å². The van der Waals surface area contributed by atoms with Gasteiger partial charge in [0.15, 0.2) is 0 Å². The number of nitrogens with zero attached hydrogens (tertiary/aromatic N) is 2. The Hall–Kier alpha value is -1.99. The van der Waals surface area contributed by atoms with Gasteiger partial charge in [-0.2, -0.15) is 0 Å². The highest BCUT2D eigenvalue weighted by Gasteiger charge is 2.20. The summed E-state index contributed by atoms with van der Waals surface area (Å²) in [6.07, 6.45) is 1.42. The maximum Gasteiger partial charge on any atom is 0.489 e. The number of benzene rings is 1. The Kier molecular flexibility index (Phi) is 2.55. The lowest BCUT2D eigenvalue weighted by atomic mass is 9.77. The van der Waals surface area contributed by atoms with Gasteiger partial charge >= 0.3 is 7.12 Å². The van der Waals surface area contributed by atoms with Crippen molar-refractivity contribution in [2.24, 2.45) is 0 Å². The van der Waals surface area contributed by atoms with Crippen molar-refractivity contribution in [3.8, 4) is 0 Å². The maximum absolute atomic E-state index is 10.7. The molecular formula is C9H7BN2O4. The van der Waals surface area contributed by atoms with Crippen molar-refractivity contribution >= 4 is 29.2 Å². The van der Waals surface area contributed by atoms with Crippen LogP contribution in [0, 0.1) is 10.1 Å². The van der Waals surface area contributed by atoms with Gasteiger partial charge in [0.2, 0.25) is 0 Å². The zero-order chi connectivity index (χ0) is 11.7. The SMILES string of the molecule is O=[N+]([O-])c1ccc(B(O)O)c2cccnc12. The molecule has 7 heteroatoms. The van der Waals surface area contributed by atoms with E-state index in [-0.39, 0.29) is 16.7 Å². The van der Waals surface area contributed by atoms with Crippen molar-refractivity contribution in [3.63, 3.8) is 0 Å². The van der Waals surface area contributed by atoms with Crippen molar-refractivity contribution < 1.29 is 15.0 Å². The third kappa shape index (κ3) is 1.62. The van der Waals surface area contributed by atoms with Crippen LogP contribution in [0.4, 0.5) is 5.69 Å². The Bertz CT molecular complexity index is 558. The number of pyridine rings is 1. The molecule has 80 valence electrons. The molecule has 0 amide bonds. The lowest BCUT2D eigenvalue weighted by Crippen LogP contribution is -2.30. The molecule has 16 heavy (non-hydrogen) atoms. The summed E-state index contributed by atoms with van der Waals surface area (Å²) in [5.74, 6) is 0. The summed E-state index contributed by atoms with van der Waals surface area (Å²) in [5.41, 5.74) is 0.201. The van der Waals surface area contributed by atoms with Gasteiger partial charge in [-0.25, -0.2) is 4.98 Å². The molecule has 1 heterocycles. The first-order valence-electron chi connectivity index (χ1n) is 4.49. The summed E-state index contributed by atoms with van der Waals surface area (Å²) in [5, 5.41) is 29.3. The molecule has 1 aromatic heterocycles. The number of fused-ring (bicyclic) bond motifs is 1. The van der Waals surface area contributed by atoms with Crippen molar-refractivity contribution in [1.82, 2.24) is 4.98 Å². The molecule has 0 spiro atoms. The first-order valence-corrected chi connectivity index (χ1v) is 4.49. The number of nitro benzene ring substituents is 1. The zero-order valence-corrected chi connectivity index (χ0v) is 8.07. The van der Waals surface area contributed by atoms with Crippen LogP contribution in [0.5, 0.6) is 0 Å². The van der Waals surface area contributed by atoms with Crippen LogP contribution in [0.25, 0.3) is 10.9 Å². The number of non-ortho nitro benzene ring substituents is 1. The van der Waals surface area contributed by atoms with E-state index in [1.165, 1.54) is 18.3 Å². The lowest BCUT2D eigenvalue weighted by molar-refractivity contribution is -0.383. The van der Waals surface area contributed by atoms with E-state index < -0.39 is 12.0 Å². The Morgan fingerprint density at radius 2 is 2.06 bits per heavy atom. The number of hydrogen-bond donors (Lipinski definition) is 2. The topological polar surface area (TPSA) is 96.5 Å².